The summed E-state index contributed by atoms with van der Waals surface area (Å²) in [5.41, 5.74) is 0.978. The molecule has 1 N–H and O–H groups in total. The number of hydrogen-bond donors (Lipinski definition) is 1. The Labute approximate surface area is 128 Å². The molecule has 1 rings (SSSR count). The Morgan fingerprint density at radius 1 is 1.19 bits per heavy atom. The largest absolute Gasteiger partial charge is 0.497 e. The van der Waals surface area contributed by atoms with Crippen LogP contribution in [0.5, 0.6) is 5.75 Å². The van der Waals surface area contributed by atoms with E-state index < -0.39 is 9.84 Å². The Kier molecular flexibility index (Phi) is 7.18. The summed E-state index contributed by atoms with van der Waals surface area (Å²) in [6.07, 6.45) is 0.712. The van der Waals surface area contributed by atoms with Gasteiger partial charge in [0.05, 0.1) is 18.6 Å². The highest BCUT2D eigenvalue weighted by molar-refractivity contribution is 7.91. The molecule has 1 unspecified atom stereocenters. The minimum Gasteiger partial charge on any atom is -0.497 e. The molecule has 1 aromatic rings. The van der Waals surface area contributed by atoms with Crippen LogP contribution in [0.1, 0.15) is 38.8 Å². The van der Waals surface area contributed by atoms with Crippen LogP contribution in [-0.4, -0.2) is 33.6 Å². The van der Waals surface area contributed by atoms with Crippen molar-refractivity contribution in [3.63, 3.8) is 0 Å². The fourth-order valence-corrected chi connectivity index (χ4v) is 3.92. The lowest BCUT2D eigenvalue weighted by Gasteiger charge is -2.19. The fourth-order valence-electron chi connectivity index (χ4n) is 2.11. The lowest BCUT2D eigenvalue weighted by Crippen LogP contribution is -2.29. The molecule has 0 amide bonds. The summed E-state index contributed by atoms with van der Waals surface area (Å²) < 4.78 is 29.6. The van der Waals surface area contributed by atoms with Crippen molar-refractivity contribution >= 4 is 9.84 Å². The van der Waals surface area contributed by atoms with Crippen LogP contribution in [-0.2, 0) is 9.84 Å². The minimum atomic E-state index is -3.06. The van der Waals surface area contributed by atoms with E-state index in [0.717, 1.165) is 17.9 Å². The average molecular weight is 313 g/mol. The third-order valence-corrected chi connectivity index (χ3v) is 5.09. The summed E-state index contributed by atoms with van der Waals surface area (Å²) in [5, 5.41) is 3.26. The molecule has 1 aromatic carbocycles. The third-order valence-electron chi connectivity index (χ3n) is 3.40. The van der Waals surface area contributed by atoms with Gasteiger partial charge in [-0.1, -0.05) is 32.9 Å². The zero-order valence-corrected chi connectivity index (χ0v) is 14.2. The first-order valence-corrected chi connectivity index (χ1v) is 9.27. The number of benzene rings is 1. The summed E-state index contributed by atoms with van der Waals surface area (Å²) >= 11 is 0. The summed E-state index contributed by atoms with van der Waals surface area (Å²) in [4.78, 5) is 0. The summed E-state index contributed by atoms with van der Waals surface area (Å²) in [6, 6.07) is 7.40. The van der Waals surface area contributed by atoms with Crippen molar-refractivity contribution in [1.82, 2.24) is 5.32 Å². The quantitative estimate of drug-likeness (QED) is 0.761. The van der Waals surface area contributed by atoms with Crippen molar-refractivity contribution < 1.29 is 13.2 Å². The highest BCUT2D eigenvalue weighted by Crippen LogP contribution is 2.20. The van der Waals surface area contributed by atoms with Crippen molar-refractivity contribution in [2.45, 2.75) is 33.2 Å². The second kappa shape index (κ2) is 8.39. The van der Waals surface area contributed by atoms with Crippen LogP contribution >= 0.6 is 0 Å². The van der Waals surface area contributed by atoms with Gasteiger partial charge in [-0.25, -0.2) is 8.42 Å². The van der Waals surface area contributed by atoms with Crippen LogP contribution in [0.4, 0.5) is 0 Å². The van der Waals surface area contributed by atoms with Gasteiger partial charge in [0, 0.05) is 6.04 Å². The van der Waals surface area contributed by atoms with Crippen molar-refractivity contribution in [2.75, 3.05) is 25.2 Å². The van der Waals surface area contributed by atoms with Gasteiger partial charge in [-0.3, -0.25) is 0 Å². The van der Waals surface area contributed by atoms with Crippen LogP contribution in [0.2, 0.25) is 0 Å². The molecule has 120 valence electrons. The van der Waals surface area contributed by atoms with Crippen LogP contribution in [0, 0.1) is 5.92 Å². The molecule has 0 bridgehead atoms. The van der Waals surface area contributed by atoms with E-state index in [1.807, 2.05) is 45.0 Å². The molecular weight excluding hydrogens is 286 g/mol. The molecule has 5 heteroatoms. The predicted octanol–water partition coefficient (Wildman–Crippen LogP) is 2.81. The Balaban J connectivity index is 2.80. The Morgan fingerprint density at radius 2 is 1.81 bits per heavy atom. The molecule has 4 nitrogen and oxygen atoms in total. The number of rotatable bonds is 9. The maximum atomic E-state index is 12.3. The van der Waals surface area contributed by atoms with Gasteiger partial charge in [0.25, 0.3) is 0 Å². The van der Waals surface area contributed by atoms with E-state index in [1.54, 1.807) is 7.11 Å². The van der Waals surface area contributed by atoms with Crippen LogP contribution < -0.4 is 10.1 Å². The predicted molar refractivity (Wildman–Crippen MR) is 87.5 cm³/mol. The van der Waals surface area contributed by atoms with Gasteiger partial charge >= 0.3 is 0 Å². The lowest BCUT2D eigenvalue weighted by molar-refractivity contribution is 0.414. The second-order valence-electron chi connectivity index (χ2n) is 5.68. The Bertz CT molecular complexity index is 509. The molecule has 0 fully saturated rings. The van der Waals surface area contributed by atoms with Crippen molar-refractivity contribution in [1.29, 1.82) is 0 Å². The van der Waals surface area contributed by atoms with E-state index in [0.29, 0.717) is 12.3 Å². The van der Waals surface area contributed by atoms with Crippen molar-refractivity contribution in [3.8, 4) is 5.75 Å². The van der Waals surface area contributed by atoms with Crippen molar-refractivity contribution in [3.05, 3.63) is 29.8 Å². The topological polar surface area (TPSA) is 55.4 Å². The van der Waals surface area contributed by atoms with E-state index in [-0.39, 0.29) is 17.5 Å². The van der Waals surface area contributed by atoms with E-state index in [1.165, 1.54) is 0 Å². The fraction of sp³-hybridized carbons (Fsp3) is 0.625. The number of ether oxygens (including phenoxy) is 1. The first kappa shape index (κ1) is 18.0. The lowest BCUT2D eigenvalue weighted by atomic mass is 10.1. The monoisotopic (exact) mass is 313 g/mol. The summed E-state index contributed by atoms with van der Waals surface area (Å²) in [7, 11) is -1.44. The van der Waals surface area contributed by atoms with Gasteiger partial charge < -0.3 is 10.1 Å². The number of hydrogen-bond acceptors (Lipinski definition) is 4. The van der Waals surface area contributed by atoms with E-state index in [2.05, 4.69) is 5.32 Å². The average Bonchev–Trinajstić information content (AvgIpc) is 2.45. The molecule has 0 aliphatic heterocycles. The van der Waals surface area contributed by atoms with Gasteiger partial charge in [-0.05, 0) is 36.6 Å². The van der Waals surface area contributed by atoms with Gasteiger partial charge in [0.1, 0.15) is 5.75 Å². The van der Waals surface area contributed by atoms with Gasteiger partial charge in [-0.2, -0.15) is 0 Å². The van der Waals surface area contributed by atoms with Gasteiger partial charge in [0.15, 0.2) is 9.84 Å². The van der Waals surface area contributed by atoms with E-state index >= 15 is 0 Å². The minimum absolute atomic E-state index is 0.139. The summed E-state index contributed by atoms with van der Waals surface area (Å²) in [5.74, 6) is 1.57. The maximum Gasteiger partial charge on any atom is 0.152 e. The highest BCUT2D eigenvalue weighted by Gasteiger charge is 2.20. The Hall–Kier alpha value is -1.07. The van der Waals surface area contributed by atoms with E-state index in [9.17, 15) is 8.42 Å². The van der Waals surface area contributed by atoms with Crippen LogP contribution in [0.15, 0.2) is 24.3 Å². The van der Waals surface area contributed by atoms with Gasteiger partial charge in [-0.15, -0.1) is 0 Å². The van der Waals surface area contributed by atoms with Gasteiger partial charge in [0.2, 0.25) is 0 Å². The second-order valence-corrected chi connectivity index (χ2v) is 7.91. The highest BCUT2D eigenvalue weighted by atomic mass is 32.2. The molecule has 0 saturated heterocycles. The molecule has 0 aliphatic rings. The molecule has 0 aromatic heterocycles. The zero-order chi connectivity index (χ0) is 15.9. The molecule has 0 saturated carbocycles. The molecule has 0 heterocycles. The molecular formula is C16H27NO3S. The summed E-state index contributed by atoms with van der Waals surface area (Å²) in [6.45, 7) is 6.80. The normalized spacial score (nSPS) is 13.4. The van der Waals surface area contributed by atoms with Crippen molar-refractivity contribution in [2.24, 2.45) is 5.92 Å². The van der Waals surface area contributed by atoms with Crippen LogP contribution in [0.25, 0.3) is 0 Å². The number of methoxy groups -OCH3 is 1. The first-order valence-electron chi connectivity index (χ1n) is 7.45. The number of sulfone groups is 1. The molecule has 1 atom stereocenters. The maximum absolute atomic E-state index is 12.3. The standard InChI is InChI=1S/C16H27NO3S/c1-5-17-16(12-21(18,19)11-10-13(2)3)14-6-8-15(20-4)9-7-14/h6-9,13,16-17H,5,10-12H2,1-4H3. The molecule has 0 spiro atoms. The molecule has 0 radical (unpaired) electrons. The molecule has 21 heavy (non-hydrogen) atoms. The Morgan fingerprint density at radius 3 is 2.29 bits per heavy atom. The SMILES string of the molecule is CCNC(CS(=O)(=O)CCC(C)C)c1ccc(OC)cc1. The van der Waals surface area contributed by atoms with E-state index in [4.69, 9.17) is 4.74 Å². The third kappa shape index (κ3) is 6.48. The zero-order valence-electron chi connectivity index (χ0n) is 13.4. The smallest absolute Gasteiger partial charge is 0.152 e. The van der Waals surface area contributed by atoms with Crippen LogP contribution in [0.3, 0.4) is 0 Å². The molecule has 0 aliphatic carbocycles. The first-order chi connectivity index (χ1) is 9.88. The number of nitrogens with one attached hydrogen (secondary N) is 1.